The number of nitrogens with one attached hydrogen (secondary N) is 1. The number of hydrogen-bond acceptors (Lipinski definition) is 4. The lowest BCUT2D eigenvalue weighted by atomic mass is 10.2. The van der Waals surface area contributed by atoms with Gasteiger partial charge in [-0.25, -0.2) is 18.1 Å². The molecule has 0 spiro atoms. The van der Waals surface area contributed by atoms with Gasteiger partial charge in [0.25, 0.3) is 10.0 Å². The topological polar surface area (TPSA) is 87.8 Å². The number of nitriles is 1. The number of sulfonamides is 1. The molecule has 0 saturated carbocycles. The molecule has 17 heavy (non-hydrogen) atoms. The van der Waals surface area contributed by atoms with Crippen LogP contribution in [0.4, 0.5) is 0 Å². The Hall–Kier alpha value is -1.10. The van der Waals surface area contributed by atoms with Gasteiger partial charge in [-0.2, -0.15) is 5.26 Å². The highest BCUT2D eigenvalue weighted by Crippen LogP contribution is 2.18. The second kappa shape index (κ2) is 6.00. The number of rotatable bonds is 6. The van der Waals surface area contributed by atoms with Crippen LogP contribution in [-0.4, -0.2) is 24.5 Å². The standard InChI is InChI=1S/C9H13ClN4O2S/c1-14-7-12-9(8(14)10)17(15,16)13-6-4-2-3-5-11/h7,13H,2-4,6H2,1H3. The van der Waals surface area contributed by atoms with E-state index >= 15 is 0 Å². The van der Waals surface area contributed by atoms with Gasteiger partial charge < -0.3 is 4.57 Å². The Bertz CT molecular complexity index is 518. The molecule has 0 unspecified atom stereocenters. The second-order valence-corrected chi connectivity index (χ2v) is 5.50. The minimum absolute atomic E-state index is 0.0783. The Morgan fingerprint density at radius 3 is 2.82 bits per heavy atom. The van der Waals surface area contributed by atoms with E-state index < -0.39 is 10.0 Å². The highest BCUT2D eigenvalue weighted by molar-refractivity contribution is 7.89. The van der Waals surface area contributed by atoms with Gasteiger partial charge in [0.15, 0.2) is 0 Å². The maximum absolute atomic E-state index is 11.8. The Morgan fingerprint density at radius 2 is 2.29 bits per heavy atom. The minimum atomic E-state index is -3.65. The van der Waals surface area contributed by atoms with Crippen molar-refractivity contribution in [3.63, 3.8) is 0 Å². The quantitative estimate of drug-likeness (QED) is 0.787. The molecule has 0 aliphatic carbocycles. The summed E-state index contributed by atoms with van der Waals surface area (Å²) in [4.78, 5) is 3.73. The van der Waals surface area contributed by atoms with Crippen molar-refractivity contribution in [2.45, 2.75) is 24.3 Å². The van der Waals surface area contributed by atoms with Crippen LogP contribution in [0.1, 0.15) is 19.3 Å². The molecular weight excluding hydrogens is 264 g/mol. The zero-order valence-electron chi connectivity index (χ0n) is 9.35. The largest absolute Gasteiger partial charge is 0.324 e. The van der Waals surface area contributed by atoms with Crippen LogP contribution in [0.25, 0.3) is 0 Å². The molecule has 1 aromatic heterocycles. The average Bonchev–Trinajstić information content (AvgIpc) is 2.60. The van der Waals surface area contributed by atoms with Crippen LogP contribution < -0.4 is 4.72 Å². The summed E-state index contributed by atoms with van der Waals surface area (Å²) in [6.07, 6.45) is 3.03. The molecule has 0 aliphatic heterocycles. The Morgan fingerprint density at radius 1 is 1.59 bits per heavy atom. The van der Waals surface area contributed by atoms with Gasteiger partial charge in [-0.3, -0.25) is 0 Å². The summed E-state index contributed by atoms with van der Waals surface area (Å²) < 4.78 is 27.3. The average molecular weight is 277 g/mol. The molecule has 1 heterocycles. The van der Waals surface area contributed by atoms with Crippen molar-refractivity contribution in [1.82, 2.24) is 14.3 Å². The fourth-order valence-electron chi connectivity index (χ4n) is 1.18. The van der Waals surface area contributed by atoms with E-state index in [0.717, 1.165) is 0 Å². The van der Waals surface area contributed by atoms with E-state index in [2.05, 4.69) is 9.71 Å². The SMILES string of the molecule is Cn1cnc(S(=O)(=O)NCCCCC#N)c1Cl. The third-order valence-corrected chi connectivity index (χ3v) is 4.05. The summed E-state index contributed by atoms with van der Waals surface area (Å²) in [6.45, 7) is 0.275. The predicted octanol–water partition coefficient (Wildman–Crippen LogP) is 1.05. The number of imidazole rings is 1. The number of aromatic nitrogens is 2. The van der Waals surface area contributed by atoms with Crippen LogP contribution in [0.15, 0.2) is 11.4 Å². The first-order valence-electron chi connectivity index (χ1n) is 5.02. The Kier molecular flexibility index (Phi) is 4.93. The molecule has 1 N–H and O–H groups in total. The van der Waals surface area contributed by atoms with E-state index in [1.807, 2.05) is 6.07 Å². The predicted molar refractivity (Wildman–Crippen MR) is 62.9 cm³/mol. The molecular formula is C9H13ClN4O2S. The summed E-state index contributed by atoms with van der Waals surface area (Å²) in [5.74, 6) is 0. The first-order chi connectivity index (χ1) is 7.99. The van der Waals surface area contributed by atoms with Crippen LogP contribution in [-0.2, 0) is 17.1 Å². The maximum Gasteiger partial charge on any atom is 0.261 e. The number of nitrogens with zero attached hydrogens (tertiary/aromatic N) is 3. The molecule has 0 fully saturated rings. The molecule has 1 aromatic rings. The molecule has 0 bridgehead atoms. The van der Waals surface area contributed by atoms with E-state index in [1.165, 1.54) is 10.9 Å². The normalized spacial score (nSPS) is 11.4. The zero-order valence-corrected chi connectivity index (χ0v) is 10.9. The number of hydrogen-bond donors (Lipinski definition) is 1. The van der Waals surface area contributed by atoms with Crippen LogP contribution in [0.5, 0.6) is 0 Å². The van der Waals surface area contributed by atoms with Crippen LogP contribution >= 0.6 is 11.6 Å². The third-order valence-electron chi connectivity index (χ3n) is 2.10. The second-order valence-electron chi connectivity index (χ2n) is 3.46. The zero-order chi connectivity index (χ0) is 12.9. The van der Waals surface area contributed by atoms with E-state index in [4.69, 9.17) is 16.9 Å². The van der Waals surface area contributed by atoms with Crippen LogP contribution in [0.3, 0.4) is 0 Å². The molecule has 0 aromatic carbocycles. The van der Waals surface area contributed by atoms with E-state index in [0.29, 0.717) is 19.3 Å². The molecule has 0 aliphatic rings. The van der Waals surface area contributed by atoms with Gasteiger partial charge in [-0.05, 0) is 12.8 Å². The van der Waals surface area contributed by atoms with Gasteiger partial charge in [0.2, 0.25) is 5.03 Å². The summed E-state index contributed by atoms with van der Waals surface area (Å²) in [5.41, 5.74) is 0. The Labute approximate surface area is 105 Å². The van der Waals surface area contributed by atoms with Gasteiger partial charge in [-0.15, -0.1) is 0 Å². The van der Waals surface area contributed by atoms with Gasteiger partial charge in [-0.1, -0.05) is 11.6 Å². The van der Waals surface area contributed by atoms with Gasteiger partial charge in [0.1, 0.15) is 5.15 Å². The van der Waals surface area contributed by atoms with Gasteiger partial charge in [0.05, 0.1) is 12.4 Å². The first-order valence-corrected chi connectivity index (χ1v) is 6.88. The van der Waals surface area contributed by atoms with Crippen molar-refractivity contribution in [2.75, 3.05) is 6.54 Å². The lowest BCUT2D eigenvalue weighted by molar-refractivity contribution is 0.574. The van der Waals surface area contributed by atoms with Crippen LogP contribution in [0.2, 0.25) is 5.15 Å². The van der Waals surface area contributed by atoms with E-state index in [9.17, 15) is 8.42 Å². The highest BCUT2D eigenvalue weighted by atomic mass is 35.5. The monoisotopic (exact) mass is 276 g/mol. The molecule has 0 saturated heterocycles. The molecule has 0 atom stereocenters. The number of halogens is 1. The first kappa shape index (κ1) is 14.0. The summed E-state index contributed by atoms with van der Waals surface area (Å²) in [6, 6.07) is 2.00. The number of aryl methyl sites for hydroxylation is 1. The van der Waals surface area contributed by atoms with Crippen molar-refractivity contribution >= 4 is 21.6 Å². The fourth-order valence-corrected chi connectivity index (χ4v) is 2.68. The smallest absolute Gasteiger partial charge is 0.261 e. The lowest BCUT2D eigenvalue weighted by Gasteiger charge is -2.03. The summed E-state index contributed by atoms with van der Waals surface area (Å²) >= 11 is 5.79. The highest BCUT2D eigenvalue weighted by Gasteiger charge is 2.21. The molecule has 0 amide bonds. The van der Waals surface area contributed by atoms with Crippen molar-refractivity contribution in [2.24, 2.45) is 7.05 Å². The Balaban J connectivity index is 2.58. The molecule has 6 nitrogen and oxygen atoms in total. The van der Waals surface area contributed by atoms with E-state index in [-0.39, 0.29) is 16.7 Å². The molecule has 0 radical (unpaired) electrons. The van der Waals surface area contributed by atoms with E-state index in [1.54, 1.807) is 7.05 Å². The summed E-state index contributed by atoms with van der Waals surface area (Å²) in [7, 11) is -2.04. The fraction of sp³-hybridized carbons (Fsp3) is 0.556. The van der Waals surface area contributed by atoms with Crippen LogP contribution in [0, 0.1) is 11.3 Å². The van der Waals surface area contributed by atoms with Crippen molar-refractivity contribution in [3.8, 4) is 6.07 Å². The number of unbranched alkanes of at least 4 members (excludes halogenated alkanes) is 2. The van der Waals surface area contributed by atoms with Crippen molar-refractivity contribution in [1.29, 1.82) is 5.26 Å². The third kappa shape index (κ3) is 3.70. The van der Waals surface area contributed by atoms with Crippen molar-refractivity contribution < 1.29 is 8.42 Å². The lowest BCUT2D eigenvalue weighted by Crippen LogP contribution is -2.25. The van der Waals surface area contributed by atoms with Crippen molar-refractivity contribution in [3.05, 3.63) is 11.5 Å². The van der Waals surface area contributed by atoms with Gasteiger partial charge in [0, 0.05) is 20.0 Å². The molecule has 8 heteroatoms. The molecule has 94 valence electrons. The maximum atomic E-state index is 11.8. The van der Waals surface area contributed by atoms with Gasteiger partial charge >= 0.3 is 0 Å². The summed E-state index contributed by atoms with van der Waals surface area (Å²) in [5, 5.41) is 8.24. The molecule has 1 rings (SSSR count). The minimum Gasteiger partial charge on any atom is -0.324 e.